The van der Waals surface area contributed by atoms with E-state index in [1.165, 1.54) is 24.3 Å². The van der Waals surface area contributed by atoms with E-state index in [9.17, 15) is 4.79 Å². The van der Waals surface area contributed by atoms with Crippen LogP contribution in [0.4, 0.5) is 10.5 Å². The highest BCUT2D eigenvalue weighted by atomic mass is 35.5. The third kappa shape index (κ3) is 2.34. The molecule has 1 saturated carbocycles. The van der Waals surface area contributed by atoms with Crippen molar-refractivity contribution in [2.24, 2.45) is 10.4 Å². The van der Waals surface area contributed by atoms with Gasteiger partial charge in [0.2, 0.25) is 0 Å². The van der Waals surface area contributed by atoms with Crippen LogP contribution >= 0.6 is 11.6 Å². The molecule has 1 atom stereocenters. The van der Waals surface area contributed by atoms with E-state index >= 15 is 0 Å². The molecule has 1 heterocycles. The van der Waals surface area contributed by atoms with Crippen molar-refractivity contribution >= 4 is 23.3 Å². The molecule has 0 radical (unpaired) electrons. The van der Waals surface area contributed by atoms with Crippen molar-refractivity contribution < 1.29 is 9.39 Å². The molecule has 0 N–H and O–H groups in total. The van der Waals surface area contributed by atoms with Gasteiger partial charge in [-0.3, -0.25) is 0 Å². The minimum atomic E-state index is -0.0856. The molecule has 1 fully saturated rings. The number of hydrogen-bond donors (Lipinski definition) is 0. The summed E-state index contributed by atoms with van der Waals surface area (Å²) in [6, 6.07) is 7.41. The van der Waals surface area contributed by atoms with Crippen molar-refractivity contribution in [3.05, 3.63) is 29.3 Å². The topological polar surface area (TPSA) is 45.0 Å². The summed E-state index contributed by atoms with van der Waals surface area (Å²) in [5.74, 6) is 0. The molecule has 1 aromatic rings. The molecule has 1 unspecified atom stereocenters. The molecule has 1 aromatic carbocycles. The lowest BCUT2D eigenvalue weighted by Gasteiger charge is -2.33. The zero-order chi connectivity index (χ0) is 14.9. The van der Waals surface area contributed by atoms with Gasteiger partial charge >= 0.3 is 6.03 Å². The van der Waals surface area contributed by atoms with Gasteiger partial charge in [0.25, 0.3) is 0 Å². The first-order valence-corrected chi connectivity index (χ1v) is 7.97. The highest BCUT2D eigenvalue weighted by molar-refractivity contribution is 6.33. The number of quaternary nitrogens is 1. The van der Waals surface area contributed by atoms with Crippen LogP contribution in [0, 0.1) is 0 Å². The number of benzene rings is 1. The van der Waals surface area contributed by atoms with E-state index in [0.717, 1.165) is 12.8 Å². The minimum absolute atomic E-state index is 0.0856. The Balaban J connectivity index is 1.91. The molecule has 2 aliphatic rings. The highest BCUT2D eigenvalue weighted by Crippen LogP contribution is 2.37. The number of hydrogen-bond acceptors (Lipinski definition) is 3. The second-order valence-electron chi connectivity index (χ2n) is 5.66. The summed E-state index contributed by atoms with van der Waals surface area (Å²) >= 11 is 6.19. The van der Waals surface area contributed by atoms with Gasteiger partial charge in [-0.15, -0.1) is 5.01 Å². The molecular formula is C15H20ClN4O+. The molecular weight excluding hydrogens is 288 g/mol. The van der Waals surface area contributed by atoms with Crippen LogP contribution in [0.25, 0.3) is 0 Å². The number of carbonyl (C=O) groups is 1. The average Bonchev–Trinajstić information content (AvgIpc) is 2.86. The lowest BCUT2D eigenvalue weighted by molar-refractivity contribution is -0.880. The van der Waals surface area contributed by atoms with Crippen molar-refractivity contribution in [2.45, 2.75) is 45.1 Å². The lowest BCUT2D eigenvalue weighted by Crippen LogP contribution is -2.56. The standard InChI is InChI=1S/C15H20ClN4O/c1-2-20(12-8-4-3-5-9-12)15(21)19(17-18-20)14-11-7-6-10-13(14)16/h6-7,10-12H,2-5,8-9H2,1H3/q+1. The van der Waals surface area contributed by atoms with Gasteiger partial charge in [0.1, 0.15) is 12.6 Å². The maximum Gasteiger partial charge on any atom is 0.473 e. The average molecular weight is 308 g/mol. The van der Waals surface area contributed by atoms with Crippen molar-refractivity contribution in [1.29, 1.82) is 0 Å². The molecule has 3 rings (SSSR count). The highest BCUT2D eigenvalue weighted by Gasteiger charge is 2.53. The first-order chi connectivity index (χ1) is 10.2. The van der Waals surface area contributed by atoms with Crippen molar-refractivity contribution in [3.8, 4) is 0 Å². The Bertz CT molecular complexity index is 571. The molecule has 0 bridgehead atoms. The third-order valence-corrected chi connectivity index (χ3v) is 4.86. The lowest BCUT2D eigenvalue weighted by atomic mass is 9.93. The molecule has 1 aliphatic heterocycles. The number of para-hydroxylation sites is 1. The van der Waals surface area contributed by atoms with E-state index in [2.05, 4.69) is 10.4 Å². The molecule has 0 saturated heterocycles. The minimum Gasteiger partial charge on any atom is -0.202 e. The van der Waals surface area contributed by atoms with E-state index < -0.39 is 0 Å². The van der Waals surface area contributed by atoms with Gasteiger partial charge in [-0.05, 0) is 37.1 Å². The molecule has 112 valence electrons. The first kappa shape index (κ1) is 14.5. The van der Waals surface area contributed by atoms with Gasteiger partial charge in [0.15, 0.2) is 0 Å². The molecule has 2 amide bonds. The van der Waals surface area contributed by atoms with Crippen LogP contribution in [-0.2, 0) is 0 Å². The number of nitrogens with zero attached hydrogens (tertiary/aromatic N) is 4. The fraction of sp³-hybridized carbons (Fsp3) is 0.533. The molecule has 0 spiro atoms. The second kappa shape index (κ2) is 5.73. The molecule has 5 nitrogen and oxygen atoms in total. The van der Waals surface area contributed by atoms with Crippen LogP contribution in [0.15, 0.2) is 34.7 Å². The summed E-state index contributed by atoms with van der Waals surface area (Å²) in [5, 5.41) is 10.4. The van der Waals surface area contributed by atoms with Crippen LogP contribution in [0.5, 0.6) is 0 Å². The smallest absolute Gasteiger partial charge is 0.202 e. The van der Waals surface area contributed by atoms with E-state index in [-0.39, 0.29) is 16.7 Å². The molecule has 0 aromatic heterocycles. The predicted octanol–water partition coefficient (Wildman–Crippen LogP) is 4.73. The quantitative estimate of drug-likeness (QED) is 0.744. The Morgan fingerprint density at radius 1 is 1.29 bits per heavy atom. The van der Waals surface area contributed by atoms with E-state index in [4.69, 9.17) is 11.6 Å². The maximum atomic E-state index is 13.0. The Morgan fingerprint density at radius 2 is 2.00 bits per heavy atom. The van der Waals surface area contributed by atoms with E-state index in [1.807, 2.05) is 19.1 Å². The van der Waals surface area contributed by atoms with Gasteiger partial charge in [-0.2, -0.15) is 0 Å². The summed E-state index contributed by atoms with van der Waals surface area (Å²) < 4.78 is 0.0885. The van der Waals surface area contributed by atoms with Crippen molar-refractivity contribution in [1.82, 2.24) is 0 Å². The Morgan fingerprint density at radius 3 is 2.67 bits per heavy atom. The summed E-state index contributed by atoms with van der Waals surface area (Å²) in [6.45, 7) is 2.63. The number of anilines is 1. The van der Waals surface area contributed by atoms with Crippen LogP contribution < -0.4 is 5.01 Å². The first-order valence-electron chi connectivity index (χ1n) is 7.59. The largest absolute Gasteiger partial charge is 0.473 e. The van der Waals surface area contributed by atoms with E-state index in [1.54, 1.807) is 12.1 Å². The SMILES string of the molecule is CC[N+]1(C2CCCCC2)N=NN(c2ccccc2Cl)C1=O. The van der Waals surface area contributed by atoms with Gasteiger partial charge in [0.05, 0.1) is 15.9 Å². The number of rotatable bonds is 3. The fourth-order valence-corrected chi connectivity index (χ4v) is 3.54. The third-order valence-electron chi connectivity index (χ3n) is 4.54. The number of halogens is 1. The Kier molecular flexibility index (Phi) is 3.95. The maximum absolute atomic E-state index is 13.0. The molecule has 21 heavy (non-hydrogen) atoms. The molecule has 6 heteroatoms. The van der Waals surface area contributed by atoms with Gasteiger partial charge < -0.3 is 0 Å². The second-order valence-corrected chi connectivity index (χ2v) is 6.07. The van der Waals surface area contributed by atoms with Crippen LogP contribution in [0.3, 0.4) is 0 Å². The monoisotopic (exact) mass is 307 g/mol. The number of carbonyl (C=O) groups excluding carboxylic acids is 1. The predicted molar refractivity (Wildman–Crippen MR) is 81.9 cm³/mol. The van der Waals surface area contributed by atoms with Crippen molar-refractivity contribution in [3.63, 3.8) is 0 Å². The van der Waals surface area contributed by atoms with E-state index in [0.29, 0.717) is 17.3 Å². The summed E-state index contributed by atoms with van der Waals surface area (Å²) in [5.41, 5.74) is 0.608. The Hall–Kier alpha value is -1.46. The van der Waals surface area contributed by atoms with Crippen LogP contribution in [0.1, 0.15) is 39.0 Å². The zero-order valence-corrected chi connectivity index (χ0v) is 13.0. The Labute approximate surface area is 129 Å². The fourth-order valence-electron chi connectivity index (χ4n) is 3.32. The van der Waals surface area contributed by atoms with Crippen molar-refractivity contribution in [2.75, 3.05) is 11.6 Å². The summed E-state index contributed by atoms with van der Waals surface area (Å²) in [4.78, 5) is 13.0. The number of urea groups is 1. The number of amides is 2. The van der Waals surface area contributed by atoms with Gasteiger partial charge in [0, 0.05) is 12.8 Å². The van der Waals surface area contributed by atoms with Crippen LogP contribution in [-0.4, -0.2) is 23.2 Å². The summed E-state index contributed by atoms with van der Waals surface area (Å²) in [7, 11) is 0. The summed E-state index contributed by atoms with van der Waals surface area (Å²) in [6.07, 6.45) is 5.66. The molecule has 1 aliphatic carbocycles. The van der Waals surface area contributed by atoms with Gasteiger partial charge in [-0.1, -0.05) is 34.7 Å². The van der Waals surface area contributed by atoms with Gasteiger partial charge in [-0.25, -0.2) is 4.79 Å². The zero-order valence-electron chi connectivity index (χ0n) is 12.2. The normalized spacial score (nSPS) is 26.6. The van der Waals surface area contributed by atoms with Crippen LogP contribution in [0.2, 0.25) is 5.02 Å².